The molecule has 6 aromatic rings. The zero-order chi connectivity index (χ0) is 34.2. The number of hydrogen-bond donors (Lipinski definition) is 0. The minimum atomic E-state index is -0.767. The van der Waals surface area contributed by atoms with Crippen LogP contribution in [0.4, 0.5) is 0 Å². The third-order valence-corrected chi connectivity index (χ3v) is 13.1. The van der Waals surface area contributed by atoms with Gasteiger partial charge in [0, 0.05) is 12.4 Å². The average molecular weight is 809 g/mol. The number of hydrogen-bond acceptors (Lipinski definition) is 2. The molecule has 0 N–H and O–H groups in total. The molecule has 0 radical (unpaired) electrons. The van der Waals surface area contributed by atoms with Crippen molar-refractivity contribution in [1.82, 2.24) is 0 Å². The summed E-state index contributed by atoms with van der Waals surface area (Å²) in [6, 6.07) is 64.0. The molecule has 0 saturated carbocycles. The second-order valence-electron chi connectivity index (χ2n) is 10.9. The van der Waals surface area contributed by atoms with Crippen molar-refractivity contribution in [2.75, 3.05) is 25.4 Å². The number of nitrogens with zero attached hydrogens (tertiary/aromatic N) is 2. The first kappa shape index (κ1) is 38.5. The maximum absolute atomic E-state index is 4.85. The monoisotopic (exact) mass is 808 g/mol. The molecule has 2 nitrogen and oxygen atoms in total. The Bertz CT molecular complexity index is 1540. The van der Waals surface area contributed by atoms with Gasteiger partial charge in [0.2, 0.25) is 0 Å². The Morgan fingerprint density at radius 1 is 0.388 bits per heavy atom. The van der Waals surface area contributed by atoms with E-state index in [4.69, 9.17) is 19.4 Å². The standard InChI is InChI=1S/2C21H20NP.2ClH.Ru/c2*1-4-10-19(11-5-1)18-22-16-17-23(20-12-6-2-7-13-20)21-14-8-3-9-15-21;;;/h2*1-15,18H,16-17H2;2*1H;/q;;;;+2. The number of rotatable bonds is 12. The molecule has 6 aromatic carbocycles. The van der Waals surface area contributed by atoms with E-state index in [2.05, 4.69) is 156 Å². The number of halogens is 2. The van der Waals surface area contributed by atoms with Crippen molar-refractivity contribution in [3.8, 4) is 0 Å². The maximum atomic E-state index is 4.85. The van der Waals surface area contributed by atoms with Gasteiger partial charge in [0.25, 0.3) is 0 Å². The van der Waals surface area contributed by atoms with Gasteiger partial charge in [-0.05, 0) is 59.7 Å². The molecule has 0 aromatic heterocycles. The fourth-order valence-corrected chi connectivity index (χ4v) is 10.1. The van der Waals surface area contributed by atoms with E-state index in [1.807, 2.05) is 48.8 Å². The zero-order valence-corrected chi connectivity index (χ0v) is 32.6. The first-order chi connectivity index (χ1) is 24.3. The van der Waals surface area contributed by atoms with E-state index in [-0.39, 0.29) is 15.1 Å². The van der Waals surface area contributed by atoms with Crippen LogP contribution in [0.5, 0.6) is 0 Å². The summed E-state index contributed by atoms with van der Waals surface area (Å²) in [4.78, 5) is 9.27. The fourth-order valence-electron chi connectivity index (χ4n) is 5.24. The predicted molar refractivity (Wildman–Crippen MR) is 220 cm³/mol. The van der Waals surface area contributed by atoms with Gasteiger partial charge in [-0.1, -0.05) is 133 Å². The summed E-state index contributed by atoms with van der Waals surface area (Å²) in [7, 11) is 8.17. The first-order valence-electron chi connectivity index (χ1n) is 16.2. The van der Waals surface area contributed by atoms with Crippen LogP contribution >= 0.6 is 35.2 Å². The third kappa shape index (κ3) is 14.6. The topological polar surface area (TPSA) is 24.7 Å². The van der Waals surface area contributed by atoms with E-state index in [1.54, 1.807) is 0 Å². The second kappa shape index (κ2) is 24.0. The van der Waals surface area contributed by atoms with Crippen LogP contribution in [0.2, 0.25) is 0 Å². The molecule has 0 atom stereocenters. The van der Waals surface area contributed by atoms with Crippen molar-refractivity contribution in [1.29, 1.82) is 0 Å². The Labute approximate surface area is 310 Å². The molecule has 0 amide bonds. The normalized spacial score (nSPS) is 10.9. The van der Waals surface area contributed by atoms with Crippen LogP contribution in [0.15, 0.2) is 192 Å². The van der Waals surface area contributed by atoms with Crippen LogP contribution in [0.3, 0.4) is 0 Å². The predicted octanol–water partition coefficient (Wildman–Crippen LogP) is 9.32. The fraction of sp³-hybridized carbons (Fsp3) is 0.0952. The van der Waals surface area contributed by atoms with Crippen molar-refractivity contribution in [2.24, 2.45) is 9.98 Å². The molecule has 0 aliphatic heterocycles. The quantitative estimate of drug-likeness (QED) is 0.0670. The van der Waals surface area contributed by atoms with Crippen LogP contribution in [0.1, 0.15) is 11.1 Å². The molecule has 0 fully saturated rings. The van der Waals surface area contributed by atoms with Crippen molar-refractivity contribution in [2.45, 2.75) is 0 Å². The van der Waals surface area contributed by atoms with E-state index in [9.17, 15) is 0 Å². The summed E-state index contributed by atoms with van der Waals surface area (Å²) in [5.74, 6) is 0. The molecule has 0 aliphatic carbocycles. The molecular weight excluding hydrogens is 766 g/mol. The van der Waals surface area contributed by atoms with Crippen LogP contribution in [-0.2, 0) is 15.1 Å². The third-order valence-electron chi connectivity index (χ3n) is 7.55. The first-order valence-corrected chi connectivity index (χ1v) is 24.1. The van der Waals surface area contributed by atoms with Crippen LogP contribution in [-0.4, -0.2) is 37.8 Å². The van der Waals surface area contributed by atoms with Gasteiger partial charge in [-0.2, -0.15) is 0 Å². The Hall–Kier alpha value is -3.28. The van der Waals surface area contributed by atoms with Gasteiger partial charge < -0.3 is 0 Å². The molecule has 7 heteroatoms. The molecule has 0 saturated heterocycles. The van der Waals surface area contributed by atoms with Gasteiger partial charge in [0.05, 0.1) is 62.5 Å². The zero-order valence-electron chi connectivity index (χ0n) is 27.3. The van der Waals surface area contributed by atoms with Gasteiger partial charge in [-0.3, -0.25) is 9.98 Å². The van der Waals surface area contributed by atoms with Gasteiger partial charge in [0.15, 0.2) is 0 Å². The molecule has 0 unspecified atom stereocenters. The van der Waals surface area contributed by atoms with Crippen molar-refractivity contribution in [3.05, 3.63) is 193 Å². The number of benzene rings is 6. The SMILES string of the molecule is C(=NCC[PH+](c1ccccc1)c1ccccc1)c1ccccc1.C(=NCC[PH+](c1ccccc1)c1ccccc1)c1ccccc1.[Cl][Ru][Cl]. The average Bonchev–Trinajstić information content (AvgIpc) is 3.18. The minimum absolute atomic E-state index is 0.346. The molecule has 0 spiro atoms. The molecule has 49 heavy (non-hydrogen) atoms. The Morgan fingerprint density at radius 2 is 0.612 bits per heavy atom. The van der Waals surface area contributed by atoms with Crippen molar-refractivity contribution in [3.63, 3.8) is 0 Å². The summed E-state index contributed by atoms with van der Waals surface area (Å²) in [5.41, 5.74) is 2.33. The molecule has 0 heterocycles. The molecular formula is C42H42Cl2N2P2Ru+2. The second-order valence-corrected chi connectivity index (χ2v) is 18.7. The van der Waals surface area contributed by atoms with Crippen molar-refractivity contribution < 1.29 is 15.1 Å². The van der Waals surface area contributed by atoms with E-state index in [0.29, 0.717) is 0 Å². The van der Waals surface area contributed by atoms with Crippen molar-refractivity contribution >= 4 is 68.9 Å². The van der Waals surface area contributed by atoms with Gasteiger partial charge in [-0.15, -0.1) is 0 Å². The summed E-state index contributed by atoms with van der Waals surface area (Å²) in [6.07, 6.45) is 6.19. The van der Waals surface area contributed by atoms with Crippen LogP contribution < -0.4 is 21.2 Å². The summed E-state index contributed by atoms with van der Waals surface area (Å²) in [5, 5.41) is 5.83. The van der Waals surface area contributed by atoms with E-state index in [1.165, 1.54) is 32.3 Å². The van der Waals surface area contributed by atoms with Crippen LogP contribution in [0, 0.1) is 0 Å². The molecule has 0 aliphatic rings. The van der Waals surface area contributed by atoms with Crippen LogP contribution in [0.25, 0.3) is 0 Å². The molecule has 0 bridgehead atoms. The number of aliphatic imine (C=N–C) groups is 2. The summed E-state index contributed by atoms with van der Waals surface area (Å²) >= 11 is -0.346. The summed E-state index contributed by atoms with van der Waals surface area (Å²) in [6.45, 7) is 1.74. The van der Waals surface area contributed by atoms with Gasteiger partial charge in [-0.25, -0.2) is 0 Å². The van der Waals surface area contributed by atoms with E-state index < -0.39 is 15.8 Å². The Morgan fingerprint density at radius 3 is 0.857 bits per heavy atom. The summed E-state index contributed by atoms with van der Waals surface area (Å²) < 4.78 is 0. The Kier molecular flexibility index (Phi) is 18.8. The van der Waals surface area contributed by atoms with E-state index >= 15 is 0 Å². The Balaban J connectivity index is 0.000000205. The van der Waals surface area contributed by atoms with Gasteiger partial charge in [0.1, 0.15) is 0 Å². The molecule has 250 valence electrons. The van der Waals surface area contributed by atoms with Gasteiger partial charge >= 0.3 is 34.5 Å². The molecule has 6 rings (SSSR count). The van der Waals surface area contributed by atoms with E-state index in [0.717, 1.165) is 25.4 Å².